The molecule has 0 saturated carbocycles. The second-order valence-corrected chi connectivity index (χ2v) is 7.16. The summed E-state index contributed by atoms with van der Waals surface area (Å²) in [6, 6.07) is 20.2. The predicted octanol–water partition coefficient (Wildman–Crippen LogP) is 4.63. The van der Waals surface area contributed by atoms with Crippen molar-refractivity contribution in [3.63, 3.8) is 0 Å². The molecule has 0 aliphatic rings. The van der Waals surface area contributed by atoms with Crippen LogP contribution in [-0.2, 0) is 13.1 Å². The molecule has 0 aliphatic heterocycles. The van der Waals surface area contributed by atoms with Crippen molar-refractivity contribution in [2.24, 2.45) is 0 Å². The minimum absolute atomic E-state index is 0.600. The molecule has 0 saturated heterocycles. The Labute approximate surface area is 162 Å². The number of anilines is 2. The van der Waals surface area contributed by atoms with Gasteiger partial charge in [0.15, 0.2) is 0 Å². The van der Waals surface area contributed by atoms with Crippen LogP contribution in [0, 0.1) is 0 Å². The van der Waals surface area contributed by atoms with Crippen molar-refractivity contribution in [1.29, 1.82) is 0 Å². The third-order valence-corrected chi connectivity index (χ3v) is 5.06. The molecule has 4 aromatic rings. The number of rotatable bonds is 7. The summed E-state index contributed by atoms with van der Waals surface area (Å²) in [6.45, 7) is 1.62. The van der Waals surface area contributed by atoms with Gasteiger partial charge in [0.1, 0.15) is 0 Å². The maximum atomic E-state index is 4.64. The van der Waals surface area contributed by atoms with E-state index in [0.717, 1.165) is 29.3 Å². The zero-order chi connectivity index (χ0) is 18.3. The van der Waals surface area contributed by atoms with E-state index in [1.165, 1.54) is 10.4 Å². The molecule has 134 valence electrons. The van der Waals surface area contributed by atoms with Crippen molar-refractivity contribution < 1.29 is 0 Å². The Morgan fingerprint density at radius 3 is 2.63 bits per heavy atom. The van der Waals surface area contributed by atoms with Crippen LogP contribution < -0.4 is 10.6 Å². The van der Waals surface area contributed by atoms with Gasteiger partial charge in [0, 0.05) is 42.2 Å². The SMILES string of the molecule is c1ccc(Nc2nccc(-c3ccc(CNCc4cccnc4)s3)n2)cc1. The molecule has 0 amide bonds. The van der Waals surface area contributed by atoms with E-state index in [1.807, 2.05) is 48.7 Å². The van der Waals surface area contributed by atoms with E-state index >= 15 is 0 Å². The van der Waals surface area contributed by atoms with E-state index in [1.54, 1.807) is 23.7 Å². The smallest absolute Gasteiger partial charge is 0.227 e. The van der Waals surface area contributed by atoms with Crippen LogP contribution in [0.5, 0.6) is 0 Å². The minimum atomic E-state index is 0.600. The molecule has 3 aromatic heterocycles. The highest BCUT2D eigenvalue weighted by atomic mass is 32.1. The van der Waals surface area contributed by atoms with Gasteiger partial charge in [-0.1, -0.05) is 24.3 Å². The fourth-order valence-corrected chi connectivity index (χ4v) is 3.60. The average molecular weight is 373 g/mol. The van der Waals surface area contributed by atoms with Crippen molar-refractivity contribution in [2.45, 2.75) is 13.1 Å². The van der Waals surface area contributed by atoms with Gasteiger partial charge in [0.05, 0.1) is 10.6 Å². The molecule has 0 aliphatic carbocycles. The zero-order valence-electron chi connectivity index (χ0n) is 14.7. The zero-order valence-corrected chi connectivity index (χ0v) is 15.5. The van der Waals surface area contributed by atoms with E-state index in [4.69, 9.17) is 0 Å². The van der Waals surface area contributed by atoms with Gasteiger partial charge >= 0.3 is 0 Å². The summed E-state index contributed by atoms with van der Waals surface area (Å²) in [5, 5.41) is 6.69. The van der Waals surface area contributed by atoms with E-state index in [0.29, 0.717) is 5.95 Å². The van der Waals surface area contributed by atoms with Gasteiger partial charge in [-0.25, -0.2) is 9.97 Å². The number of benzene rings is 1. The number of para-hydroxylation sites is 1. The second-order valence-electron chi connectivity index (χ2n) is 5.99. The van der Waals surface area contributed by atoms with E-state index in [2.05, 4.69) is 43.8 Å². The number of pyridine rings is 1. The van der Waals surface area contributed by atoms with Crippen LogP contribution in [0.4, 0.5) is 11.6 Å². The van der Waals surface area contributed by atoms with Gasteiger partial charge in [-0.3, -0.25) is 4.98 Å². The lowest BCUT2D eigenvalue weighted by Crippen LogP contribution is -2.11. The summed E-state index contributed by atoms with van der Waals surface area (Å²) in [6.07, 6.45) is 5.46. The van der Waals surface area contributed by atoms with Crippen LogP contribution in [0.3, 0.4) is 0 Å². The summed E-state index contributed by atoms with van der Waals surface area (Å²) in [5.74, 6) is 0.600. The molecule has 1 aromatic carbocycles. The molecule has 27 heavy (non-hydrogen) atoms. The summed E-state index contributed by atoms with van der Waals surface area (Å²) >= 11 is 1.74. The first-order valence-corrected chi connectivity index (χ1v) is 9.52. The summed E-state index contributed by atoms with van der Waals surface area (Å²) < 4.78 is 0. The lowest BCUT2D eigenvalue weighted by atomic mass is 10.3. The number of hydrogen-bond donors (Lipinski definition) is 2. The van der Waals surface area contributed by atoms with Crippen molar-refractivity contribution in [3.8, 4) is 10.6 Å². The van der Waals surface area contributed by atoms with Gasteiger partial charge in [-0.05, 0) is 42.0 Å². The lowest BCUT2D eigenvalue weighted by molar-refractivity contribution is 0.699. The van der Waals surface area contributed by atoms with Gasteiger partial charge in [-0.15, -0.1) is 11.3 Å². The maximum absolute atomic E-state index is 4.64. The maximum Gasteiger partial charge on any atom is 0.227 e. The largest absolute Gasteiger partial charge is 0.324 e. The van der Waals surface area contributed by atoms with Crippen LogP contribution in [0.15, 0.2) is 79.3 Å². The van der Waals surface area contributed by atoms with Crippen molar-refractivity contribution in [1.82, 2.24) is 20.3 Å². The first-order chi connectivity index (χ1) is 13.4. The summed E-state index contributed by atoms with van der Waals surface area (Å²) in [7, 11) is 0. The average Bonchev–Trinajstić information content (AvgIpc) is 3.19. The molecule has 0 spiro atoms. The molecular weight excluding hydrogens is 354 g/mol. The third-order valence-electron chi connectivity index (χ3n) is 3.95. The fourth-order valence-electron chi connectivity index (χ4n) is 2.65. The molecule has 0 fully saturated rings. The number of aromatic nitrogens is 3. The highest BCUT2D eigenvalue weighted by Crippen LogP contribution is 2.27. The Bertz CT molecular complexity index is 986. The van der Waals surface area contributed by atoms with Crippen molar-refractivity contribution in [2.75, 3.05) is 5.32 Å². The Morgan fingerprint density at radius 1 is 0.852 bits per heavy atom. The number of thiophene rings is 1. The van der Waals surface area contributed by atoms with Crippen molar-refractivity contribution in [3.05, 3.63) is 89.7 Å². The van der Waals surface area contributed by atoms with Crippen LogP contribution >= 0.6 is 11.3 Å². The Hall–Kier alpha value is -3.09. The quantitative estimate of drug-likeness (QED) is 0.494. The van der Waals surface area contributed by atoms with Gasteiger partial charge < -0.3 is 10.6 Å². The normalized spacial score (nSPS) is 10.7. The number of hydrogen-bond acceptors (Lipinski definition) is 6. The monoisotopic (exact) mass is 373 g/mol. The Morgan fingerprint density at radius 2 is 1.78 bits per heavy atom. The van der Waals surface area contributed by atoms with Crippen molar-refractivity contribution >= 4 is 23.0 Å². The predicted molar refractivity (Wildman–Crippen MR) is 110 cm³/mol. The molecule has 0 unspecified atom stereocenters. The van der Waals surface area contributed by atoms with Gasteiger partial charge in [-0.2, -0.15) is 0 Å². The molecule has 2 N–H and O–H groups in total. The lowest BCUT2D eigenvalue weighted by Gasteiger charge is -2.05. The molecular formula is C21H19N5S. The van der Waals surface area contributed by atoms with Gasteiger partial charge in [0.25, 0.3) is 0 Å². The Balaban J connectivity index is 1.40. The first-order valence-electron chi connectivity index (χ1n) is 8.71. The fraction of sp³-hybridized carbons (Fsp3) is 0.0952. The Kier molecular flexibility index (Phi) is 5.47. The van der Waals surface area contributed by atoms with Crippen LogP contribution in [0.2, 0.25) is 0 Å². The first kappa shape index (κ1) is 17.3. The van der Waals surface area contributed by atoms with Crippen LogP contribution in [0.1, 0.15) is 10.4 Å². The van der Waals surface area contributed by atoms with E-state index in [9.17, 15) is 0 Å². The third kappa shape index (κ3) is 4.75. The molecule has 0 radical (unpaired) electrons. The van der Waals surface area contributed by atoms with Crippen LogP contribution in [-0.4, -0.2) is 15.0 Å². The molecule has 6 heteroatoms. The number of nitrogens with zero attached hydrogens (tertiary/aromatic N) is 3. The topological polar surface area (TPSA) is 62.7 Å². The minimum Gasteiger partial charge on any atom is -0.324 e. The molecule has 5 nitrogen and oxygen atoms in total. The van der Waals surface area contributed by atoms with E-state index < -0.39 is 0 Å². The second kappa shape index (κ2) is 8.53. The standard InChI is InChI=1S/C21H19N5S/c1-2-6-17(7-3-1)25-21-24-12-10-19(26-21)20-9-8-18(27-20)15-23-14-16-5-4-11-22-13-16/h1-13,23H,14-15H2,(H,24,25,26). The highest BCUT2D eigenvalue weighted by Gasteiger charge is 2.06. The highest BCUT2D eigenvalue weighted by molar-refractivity contribution is 7.15. The molecule has 0 bridgehead atoms. The van der Waals surface area contributed by atoms with E-state index in [-0.39, 0.29) is 0 Å². The molecule has 4 rings (SSSR count). The van der Waals surface area contributed by atoms with Crippen LogP contribution in [0.25, 0.3) is 10.6 Å². The summed E-state index contributed by atoms with van der Waals surface area (Å²) in [5.41, 5.74) is 3.08. The summed E-state index contributed by atoms with van der Waals surface area (Å²) in [4.78, 5) is 15.5. The number of nitrogens with one attached hydrogen (secondary N) is 2. The molecule has 0 atom stereocenters. The van der Waals surface area contributed by atoms with Gasteiger partial charge in [0.2, 0.25) is 5.95 Å². The molecule has 3 heterocycles.